The number of pyridine rings is 1. The number of carboxylic acid groups (broad SMARTS) is 1. The summed E-state index contributed by atoms with van der Waals surface area (Å²) in [5.41, 5.74) is 0.587. The fourth-order valence-electron chi connectivity index (χ4n) is 4.04. The normalized spacial score (nSPS) is 16.4. The first-order valence-electron chi connectivity index (χ1n) is 12.2. The third-order valence-corrected chi connectivity index (χ3v) is 6.21. The van der Waals surface area contributed by atoms with Crippen molar-refractivity contribution in [2.75, 3.05) is 11.4 Å². The Labute approximate surface area is 222 Å². The van der Waals surface area contributed by atoms with E-state index < -0.39 is 60.7 Å². The number of carbonyl (C=O) groups is 6. The Hall–Kier alpha value is -4.76. The predicted molar refractivity (Wildman–Crippen MR) is 132 cm³/mol. The van der Waals surface area contributed by atoms with Crippen molar-refractivity contribution in [1.82, 2.24) is 41.6 Å². The molecule has 0 fully saturated rings. The molecule has 1 aliphatic heterocycles. The van der Waals surface area contributed by atoms with Crippen LogP contribution in [0, 0.1) is 5.92 Å². The van der Waals surface area contributed by atoms with Crippen LogP contribution < -0.4 is 20.9 Å². The molecule has 16 heteroatoms. The maximum absolute atomic E-state index is 13.3. The van der Waals surface area contributed by atoms with E-state index in [-0.39, 0.29) is 30.4 Å². The summed E-state index contributed by atoms with van der Waals surface area (Å²) < 4.78 is 0. The van der Waals surface area contributed by atoms with Gasteiger partial charge in [0.2, 0.25) is 23.6 Å². The smallest absolute Gasteiger partial charge is 0.305 e. The molecule has 2 aromatic rings. The molecule has 2 aromatic heterocycles. The second-order valence-electron chi connectivity index (χ2n) is 8.97. The zero-order valence-electron chi connectivity index (χ0n) is 21.3. The maximum atomic E-state index is 13.3. The lowest BCUT2D eigenvalue weighted by Crippen LogP contribution is -2.55. The van der Waals surface area contributed by atoms with E-state index in [1.807, 2.05) is 6.92 Å². The maximum Gasteiger partial charge on any atom is 0.305 e. The van der Waals surface area contributed by atoms with Crippen LogP contribution in [-0.4, -0.2) is 91.3 Å². The quantitative estimate of drug-likeness (QED) is 0.172. The summed E-state index contributed by atoms with van der Waals surface area (Å²) in [5, 5.41) is 29.5. The van der Waals surface area contributed by atoms with Crippen molar-refractivity contribution >= 4 is 41.7 Å². The molecule has 1 unspecified atom stereocenters. The van der Waals surface area contributed by atoms with Gasteiger partial charge in [-0.05, 0) is 17.5 Å². The number of carboxylic acids is 1. The number of aldehydes is 1. The van der Waals surface area contributed by atoms with Gasteiger partial charge in [0.25, 0.3) is 0 Å². The SMILES string of the molecule is CC[C@H](C)[C@H](NC(=O)Cc1nn[nH]n1)C(=O)NCC(=O)N1c2ncccc2C[C@H]1C(=O)NC(C=O)CC(=O)O. The first-order chi connectivity index (χ1) is 18.6. The van der Waals surface area contributed by atoms with Crippen LogP contribution in [0.3, 0.4) is 0 Å². The zero-order valence-corrected chi connectivity index (χ0v) is 21.3. The molecule has 3 rings (SSSR count). The van der Waals surface area contributed by atoms with Crippen molar-refractivity contribution in [1.29, 1.82) is 0 Å². The highest BCUT2D eigenvalue weighted by molar-refractivity contribution is 6.05. The largest absolute Gasteiger partial charge is 0.481 e. The van der Waals surface area contributed by atoms with Crippen LogP contribution in [0.25, 0.3) is 0 Å². The van der Waals surface area contributed by atoms with E-state index in [2.05, 4.69) is 41.6 Å². The Morgan fingerprint density at radius 3 is 2.67 bits per heavy atom. The summed E-state index contributed by atoms with van der Waals surface area (Å²) in [7, 11) is 0. The van der Waals surface area contributed by atoms with Gasteiger partial charge < -0.3 is 25.9 Å². The summed E-state index contributed by atoms with van der Waals surface area (Å²) in [6, 6.07) is -0.0435. The molecular formula is C23H29N9O7. The Kier molecular flexibility index (Phi) is 9.72. The molecule has 0 spiro atoms. The molecule has 5 N–H and O–H groups in total. The number of H-pyrrole nitrogens is 1. The van der Waals surface area contributed by atoms with Crippen LogP contribution in [0.2, 0.25) is 0 Å². The van der Waals surface area contributed by atoms with Crippen molar-refractivity contribution in [3.8, 4) is 0 Å². The molecule has 39 heavy (non-hydrogen) atoms. The zero-order chi connectivity index (χ0) is 28.5. The third kappa shape index (κ3) is 7.39. The number of nitrogens with zero attached hydrogens (tertiary/aromatic N) is 5. The minimum Gasteiger partial charge on any atom is -0.481 e. The highest BCUT2D eigenvalue weighted by atomic mass is 16.4. The van der Waals surface area contributed by atoms with E-state index in [1.54, 1.807) is 19.1 Å². The van der Waals surface area contributed by atoms with Gasteiger partial charge in [-0.25, -0.2) is 4.98 Å². The van der Waals surface area contributed by atoms with Gasteiger partial charge in [-0.15, -0.1) is 10.2 Å². The summed E-state index contributed by atoms with van der Waals surface area (Å²) in [6.07, 6.45) is 1.55. The lowest BCUT2D eigenvalue weighted by atomic mass is 9.98. The van der Waals surface area contributed by atoms with Gasteiger partial charge in [0.05, 0.1) is 25.4 Å². The average molecular weight is 544 g/mol. The second-order valence-corrected chi connectivity index (χ2v) is 8.97. The Morgan fingerprint density at radius 1 is 1.26 bits per heavy atom. The molecule has 4 amide bonds. The molecule has 1 aliphatic rings. The van der Waals surface area contributed by atoms with Crippen LogP contribution in [0.15, 0.2) is 18.3 Å². The Morgan fingerprint density at radius 2 is 2.03 bits per heavy atom. The topological polar surface area (TPSA) is 229 Å². The monoisotopic (exact) mass is 543 g/mol. The van der Waals surface area contributed by atoms with Crippen molar-refractivity contribution < 1.29 is 33.9 Å². The van der Waals surface area contributed by atoms with Gasteiger partial charge >= 0.3 is 5.97 Å². The van der Waals surface area contributed by atoms with Gasteiger partial charge in [0, 0.05) is 12.6 Å². The van der Waals surface area contributed by atoms with Gasteiger partial charge in [-0.3, -0.25) is 28.9 Å². The van der Waals surface area contributed by atoms with Crippen molar-refractivity contribution in [3.05, 3.63) is 29.7 Å². The molecule has 16 nitrogen and oxygen atoms in total. The summed E-state index contributed by atoms with van der Waals surface area (Å²) in [6.45, 7) is 3.09. The molecule has 0 saturated carbocycles. The second kappa shape index (κ2) is 13.2. The number of hydrogen-bond donors (Lipinski definition) is 5. The van der Waals surface area contributed by atoms with E-state index >= 15 is 0 Å². The standard InChI is InChI=1S/C23H29N9O7/c1-3-12(2)20(27-17(34)9-16-28-30-31-29-16)23(39)25-10-18(35)32-15(7-13-5-4-6-24-21(13)32)22(38)26-14(11-33)8-19(36)37/h4-6,11-12,14-15,20H,3,7-10H2,1-2H3,(H,25,39)(H,26,38)(H,27,34)(H,36,37)(H,28,29,30,31)/t12-,14?,15-,20-/m0/s1. The number of hydrogen-bond acceptors (Lipinski definition) is 10. The first kappa shape index (κ1) is 28.8. The number of anilines is 1. The highest BCUT2D eigenvalue weighted by Crippen LogP contribution is 2.30. The van der Waals surface area contributed by atoms with Crippen LogP contribution in [0.4, 0.5) is 5.82 Å². The highest BCUT2D eigenvalue weighted by Gasteiger charge is 2.40. The minimum absolute atomic E-state index is 0.0783. The van der Waals surface area contributed by atoms with Crippen LogP contribution in [0.5, 0.6) is 0 Å². The summed E-state index contributed by atoms with van der Waals surface area (Å²) >= 11 is 0. The van der Waals surface area contributed by atoms with Gasteiger partial charge in [-0.1, -0.05) is 31.5 Å². The molecule has 0 radical (unpaired) electrons. The molecule has 0 saturated heterocycles. The summed E-state index contributed by atoms with van der Waals surface area (Å²) in [5.74, 6) is -3.72. The number of amides is 4. The van der Waals surface area contributed by atoms with E-state index in [9.17, 15) is 28.8 Å². The van der Waals surface area contributed by atoms with Crippen molar-refractivity contribution in [2.45, 2.75) is 57.7 Å². The van der Waals surface area contributed by atoms with Crippen LogP contribution >= 0.6 is 0 Å². The number of carbonyl (C=O) groups excluding carboxylic acids is 5. The molecular weight excluding hydrogens is 514 g/mol. The number of fused-ring (bicyclic) bond motifs is 1. The minimum atomic E-state index is -1.28. The van der Waals surface area contributed by atoms with Crippen LogP contribution in [-0.2, 0) is 41.6 Å². The van der Waals surface area contributed by atoms with Gasteiger partial charge in [0.15, 0.2) is 5.82 Å². The fourth-order valence-corrected chi connectivity index (χ4v) is 4.04. The number of nitrogens with one attached hydrogen (secondary N) is 4. The summed E-state index contributed by atoms with van der Waals surface area (Å²) in [4.78, 5) is 79.2. The molecule has 0 aliphatic carbocycles. The Balaban J connectivity index is 1.70. The van der Waals surface area contributed by atoms with E-state index in [0.717, 1.165) is 4.90 Å². The lowest BCUT2D eigenvalue weighted by Gasteiger charge is -2.26. The van der Waals surface area contributed by atoms with Crippen LogP contribution in [0.1, 0.15) is 38.1 Å². The molecule has 4 atom stereocenters. The number of rotatable bonds is 13. The number of aromatic amines is 1. The number of tetrazole rings is 1. The number of aliphatic carboxylic acids is 1. The van der Waals surface area contributed by atoms with E-state index in [1.165, 1.54) is 6.20 Å². The van der Waals surface area contributed by atoms with E-state index in [0.29, 0.717) is 18.3 Å². The van der Waals surface area contributed by atoms with Gasteiger partial charge in [0.1, 0.15) is 24.2 Å². The first-order valence-corrected chi connectivity index (χ1v) is 12.2. The molecule has 0 bridgehead atoms. The molecule has 208 valence electrons. The third-order valence-electron chi connectivity index (χ3n) is 6.21. The molecule has 3 heterocycles. The predicted octanol–water partition coefficient (Wildman–Crippen LogP) is -2.10. The van der Waals surface area contributed by atoms with Crippen molar-refractivity contribution in [3.63, 3.8) is 0 Å². The Bertz CT molecular complexity index is 1220. The van der Waals surface area contributed by atoms with Crippen molar-refractivity contribution in [2.24, 2.45) is 5.92 Å². The number of aromatic nitrogens is 5. The lowest BCUT2D eigenvalue weighted by molar-refractivity contribution is -0.139. The van der Waals surface area contributed by atoms with Gasteiger partial charge in [-0.2, -0.15) is 5.21 Å². The fraction of sp³-hybridized carbons (Fsp3) is 0.478. The van der Waals surface area contributed by atoms with E-state index in [4.69, 9.17) is 5.11 Å². The average Bonchev–Trinajstić information content (AvgIpc) is 3.56. The molecule has 0 aromatic carbocycles.